The molecule has 0 fully saturated rings. The Bertz CT molecular complexity index is 101. The summed E-state index contributed by atoms with van der Waals surface area (Å²) in [5.74, 6) is 0.722. The van der Waals surface area contributed by atoms with Crippen LogP contribution >= 0.6 is 0 Å². The summed E-state index contributed by atoms with van der Waals surface area (Å²) in [7, 11) is 0. The summed E-state index contributed by atoms with van der Waals surface area (Å²) in [5, 5.41) is 0. The summed E-state index contributed by atoms with van der Waals surface area (Å²) in [4.78, 5) is 0. The van der Waals surface area contributed by atoms with E-state index in [4.69, 9.17) is 0 Å². The van der Waals surface area contributed by atoms with Crippen molar-refractivity contribution in [3.8, 4) is 0 Å². The summed E-state index contributed by atoms with van der Waals surface area (Å²) in [6, 6.07) is 0. The van der Waals surface area contributed by atoms with Gasteiger partial charge in [-0.15, -0.1) is 13.2 Å². The zero-order valence-corrected chi connectivity index (χ0v) is 6.48. The topological polar surface area (TPSA) is 0 Å². The largest absolute Gasteiger partial charge is 0.103 e. The van der Waals surface area contributed by atoms with Gasteiger partial charge in [0, 0.05) is 0 Å². The molecule has 0 rings (SSSR count). The van der Waals surface area contributed by atoms with Gasteiger partial charge in [-0.1, -0.05) is 18.6 Å². The smallest absolute Gasteiger partial charge is 0.0297 e. The molecular formula is C9H16. The fourth-order valence-electron chi connectivity index (χ4n) is 0.963. The number of hydrogen-bond donors (Lipinski definition) is 0. The summed E-state index contributed by atoms with van der Waals surface area (Å²) in [6.45, 7) is 11.8. The molecule has 0 aliphatic heterocycles. The monoisotopic (exact) mass is 124 g/mol. The van der Waals surface area contributed by atoms with Crippen LogP contribution in [0.15, 0.2) is 24.8 Å². The van der Waals surface area contributed by atoms with Gasteiger partial charge in [-0.25, -0.2) is 0 Å². The Morgan fingerprint density at radius 3 is 2.56 bits per heavy atom. The lowest BCUT2D eigenvalue weighted by Gasteiger charge is -2.06. The van der Waals surface area contributed by atoms with Gasteiger partial charge in [0.15, 0.2) is 0 Å². The third-order valence-electron chi connectivity index (χ3n) is 1.27. The molecule has 0 saturated heterocycles. The Morgan fingerprint density at radius 1 is 1.67 bits per heavy atom. The second-order valence-corrected chi connectivity index (χ2v) is 2.79. The molecule has 1 atom stereocenters. The first-order chi connectivity index (χ1) is 4.16. The molecule has 9 heavy (non-hydrogen) atoms. The van der Waals surface area contributed by atoms with Gasteiger partial charge in [-0.05, 0) is 25.7 Å². The minimum Gasteiger partial charge on any atom is -0.103 e. The third kappa shape index (κ3) is 5.35. The quantitative estimate of drug-likeness (QED) is 0.505. The second kappa shape index (κ2) is 4.37. The zero-order chi connectivity index (χ0) is 7.28. The molecule has 0 bridgehead atoms. The molecule has 52 valence electrons. The van der Waals surface area contributed by atoms with E-state index in [1.54, 1.807) is 0 Å². The highest BCUT2D eigenvalue weighted by atomic mass is 14.0. The molecule has 0 nitrogen and oxygen atoms in total. The van der Waals surface area contributed by atoms with Crippen LogP contribution in [0.3, 0.4) is 0 Å². The molecule has 0 aromatic carbocycles. The van der Waals surface area contributed by atoms with Crippen molar-refractivity contribution in [3.63, 3.8) is 0 Å². The average molecular weight is 124 g/mol. The van der Waals surface area contributed by atoms with Crippen LogP contribution in [0.1, 0.15) is 26.7 Å². The van der Waals surface area contributed by atoms with E-state index < -0.39 is 0 Å². The van der Waals surface area contributed by atoms with Crippen molar-refractivity contribution in [1.29, 1.82) is 0 Å². The first-order valence-corrected chi connectivity index (χ1v) is 3.42. The molecular weight excluding hydrogens is 108 g/mol. The van der Waals surface area contributed by atoms with E-state index in [2.05, 4.69) is 27.0 Å². The van der Waals surface area contributed by atoms with Gasteiger partial charge in [0.25, 0.3) is 0 Å². The molecule has 0 N–H and O–H groups in total. The summed E-state index contributed by atoms with van der Waals surface area (Å²) in [5.41, 5.74) is 1.27. The summed E-state index contributed by atoms with van der Waals surface area (Å²) < 4.78 is 0. The lowest BCUT2D eigenvalue weighted by molar-refractivity contribution is 0.588. The van der Waals surface area contributed by atoms with Gasteiger partial charge in [-0.2, -0.15) is 0 Å². The predicted molar refractivity (Wildman–Crippen MR) is 43.4 cm³/mol. The normalized spacial score (nSPS) is 12.7. The van der Waals surface area contributed by atoms with E-state index in [0.29, 0.717) is 0 Å². The van der Waals surface area contributed by atoms with Gasteiger partial charge >= 0.3 is 0 Å². The maximum atomic E-state index is 3.84. The average Bonchev–Trinajstić information content (AvgIpc) is 1.63. The van der Waals surface area contributed by atoms with Crippen molar-refractivity contribution >= 4 is 0 Å². The van der Waals surface area contributed by atoms with E-state index >= 15 is 0 Å². The predicted octanol–water partition coefficient (Wildman–Crippen LogP) is 3.16. The van der Waals surface area contributed by atoms with Crippen molar-refractivity contribution in [2.24, 2.45) is 5.92 Å². The van der Waals surface area contributed by atoms with Crippen LogP contribution in [-0.4, -0.2) is 0 Å². The van der Waals surface area contributed by atoms with E-state index in [-0.39, 0.29) is 0 Å². The molecule has 0 amide bonds. The van der Waals surface area contributed by atoms with Gasteiger partial charge in [0.05, 0.1) is 0 Å². The Kier molecular flexibility index (Phi) is 4.12. The van der Waals surface area contributed by atoms with Crippen LogP contribution in [0, 0.1) is 5.92 Å². The SMILES string of the molecule is C=CCC(C)CC(=C)C. The maximum absolute atomic E-state index is 3.84. The molecule has 0 aliphatic rings. The van der Waals surface area contributed by atoms with Crippen LogP contribution in [0.4, 0.5) is 0 Å². The van der Waals surface area contributed by atoms with Crippen LogP contribution in [-0.2, 0) is 0 Å². The summed E-state index contributed by atoms with van der Waals surface area (Å²) >= 11 is 0. The van der Waals surface area contributed by atoms with Gasteiger partial charge in [0.2, 0.25) is 0 Å². The zero-order valence-electron chi connectivity index (χ0n) is 6.48. The number of hydrogen-bond acceptors (Lipinski definition) is 0. The lowest BCUT2D eigenvalue weighted by Crippen LogP contribution is -1.91. The number of rotatable bonds is 4. The molecule has 0 radical (unpaired) electrons. The minimum atomic E-state index is 0.722. The maximum Gasteiger partial charge on any atom is -0.0297 e. The Balaban J connectivity index is 3.37. The van der Waals surface area contributed by atoms with Gasteiger partial charge in [-0.3, -0.25) is 0 Å². The first-order valence-electron chi connectivity index (χ1n) is 3.42. The molecule has 0 aromatic heterocycles. The van der Waals surface area contributed by atoms with E-state index in [1.807, 2.05) is 6.08 Å². The molecule has 0 heterocycles. The van der Waals surface area contributed by atoms with Crippen LogP contribution in [0.25, 0.3) is 0 Å². The fraction of sp³-hybridized carbons (Fsp3) is 0.556. The van der Waals surface area contributed by atoms with Crippen molar-refractivity contribution in [2.45, 2.75) is 26.7 Å². The van der Waals surface area contributed by atoms with Gasteiger partial charge in [0.1, 0.15) is 0 Å². The Morgan fingerprint density at radius 2 is 2.22 bits per heavy atom. The second-order valence-electron chi connectivity index (χ2n) is 2.79. The highest BCUT2D eigenvalue weighted by Crippen LogP contribution is 2.12. The molecule has 0 spiro atoms. The van der Waals surface area contributed by atoms with E-state index in [0.717, 1.165) is 18.8 Å². The van der Waals surface area contributed by atoms with Crippen molar-refractivity contribution in [2.75, 3.05) is 0 Å². The standard InChI is InChI=1S/C9H16/c1-5-6-9(4)7-8(2)3/h5,9H,1-2,6-7H2,3-4H3. The lowest BCUT2D eigenvalue weighted by atomic mass is 10.0. The van der Waals surface area contributed by atoms with Crippen LogP contribution in [0.5, 0.6) is 0 Å². The van der Waals surface area contributed by atoms with Crippen molar-refractivity contribution in [3.05, 3.63) is 24.8 Å². The van der Waals surface area contributed by atoms with E-state index in [1.165, 1.54) is 5.57 Å². The van der Waals surface area contributed by atoms with Gasteiger partial charge < -0.3 is 0 Å². The molecule has 0 heteroatoms. The van der Waals surface area contributed by atoms with Crippen molar-refractivity contribution in [1.82, 2.24) is 0 Å². The minimum absolute atomic E-state index is 0.722. The fourth-order valence-corrected chi connectivity index (χ4v) is 0.963. The highest BCUT2D eigenvalue weighted by Gasteiger charge is 1.97. The van der Waals surface area contributed by atoms with E-state index in [9.17, 15) is 0 Å². The molecule has 0 aliphatic carbocycles. The van der Waals surface area contributed by atoms with Crippen molar-refractivity contribution < 1.29 is 0 Å². The molecule has 0 aromatic rings. The third-order valence-corrected chi connectivity index (χ3v) is 1.27. The number of allylic oxidation sites excluding steroid dienone is 2. The first kappa shape index (κ1) is 8.48. The Labute approximate surface area is 58.3 Å². The summed E-state index contributed by atoms with van der Waals surface area (Å²) in [6.07, 6.45) is 4.20. The van der Waals surface area contributed by atoms with Crippen LogP contribution in [0.2, 0.25) is 0 Å². The highest BCUT2D eigenvalue weighted by molar-refractivity contribution is 4.90. The molecule has 1 unspecified atom stereocenters. The van der Waals surface area contributed by atoms with Crippen LogP contribution < -0.4 is 0 Å². The molecule has 0 saturated carbocycles. The Hall–Kier alpha value is -0.520.